The number of rotatable bonds is 10. The molecule has 0 unspecified atom stereocenters. The van der Waals surface area contributed by atoms with Gasteiger partial charge in [-0.25, -0.2) is 4.98 Å². The number of pyridine rings is 1. The predicted octanol–water partition coefficient (Wildman–Crippen LogP) is 18.7. The smallest absolute Gasteiger partial charge is 0.148 e. The zero-order valence-corrected chi connectivity index (χ0v) is 44.9. The van der Waals surface area contributed by atoms with Crippen molar-refractivity contribution in [2.75, 3.05) is 0 Å². The van der Waals surface area contributed by atoms with Crippen LogP contribution in [0.1, 0.15) is 125 Å². The summed E-state index contributed by atoms with van der Waals surface area (Å²) in [5.74, 6) is 0.540. The first kappa shape index (κ1) is 38.4. The minimum Gasteiger partial charge on any atom is -0.507 e. The molecule has 1 N–H and O–H groups in total. The van der Waals surface area contributed by atoms with Crippen molar-refractivity contribution in [3.63, 3.8) is 0 Å². The van der Waals surface area contributed by atoms with Crippen LogP contribution in [0, 0.1) is 12.9 Å². The van der Waals surface area contributed by atoms with Crippen LogP contribution in [-0.2, 0) is 31.9 Å². The number of fused-ring (bicyclic) bond motifs is 1. The Kier molecular flexibility index (Phi) is 10.7. The van der Waals surface area contributed by atoms with E-state index in [9.17, 15) is 5.11 Å². The molecule has 0 saturated carbocycles. The number of aromatic nitrogens is 3. The topological polar surface area (TPSA) is 50.9 Å². The molecule has 0 fully saturated rings. The van der Waals surface area contributed by atoms with Gasteiger partial charge in [0.2, 0.25) is 0 Å². The summed E-state index contributed by atoms with van der Waals surface area (Å²) in [4.78, 5) is 10.5. The standard InChI is InChI=1S/C69H66N3O.Pt/c1-43(2)51-39-58(44(3)4)66(73)61(40-51)67-71-65-57(53-36-52(46-19-14-12-15-20-46)37-54(38-53)62-41-50(33-34-70-62)47-25-29-55(30-26-47)68(6,7)8)23-18-24-63(65)72(67)64-42-59(48-21-16-13-17-22-48)45(5)35-60(64)49-27-31-56(32-28-49)69(9,10)11;/h12-37,39-44,73H,1-11H3;/q-1;/i5D3,6D3,7D3,8D3;. The average molecular weight is 1160 g/mol. The summed E-state index contributed by atoms with van der Waals surface area (Å²) in [5, 5.41) is 12.6. The second-order valence-corrected chi connectivity index (χ2v) is 20.7. The van der Waals surface area contributed by atoms with Crippen LogP contribution in [0.2, 0.25) is 0 Å². The van der Waals surface area contributed by atoms with Crippen LogP contribution in [0.5, 0.6) is 5.75 Å². The minimum absolute atomic E-state index is 0. The summed E-state index contributed by atoms with van der Waals surface area (Å²) < 4.78 is 103. The molecule has 0 saturated heterocycles. The average Bonchev–Trinajstić information content (AvgIpc) is 1.21. The van der Waals surface area contributed by atoms with Gasteiger partial charge in [0.25, 0.3) is 0 Å². The summed E-state index contributed by atoms with van der Waals surface area (Å²) in [6.45, 7) is 2.05. The number of para-hydroxylation sites is 1. The summed E-state index contributed by atoms with van der Waals surface area (Å²) in [5.41, 5.74) is 9.88. The van der Waals surface area contributed by atoms with Crippen LogP contribution in [0.15, 0.2) is 182 Å². The molecule has 74 heavy (non-hydrogen) atoms. The fraction of sp³-hybridized carbons (Fsp3) is 0.217. The molecule has 5 heteroatoms. The molecule has 0 aliphatic carbocycles. The van der Waals surface area contributed by atoms with E-state index < -0.39 is 32.8 Å². The number of hydrogen-bond acceptors (Lipinski definition) is 3. The van der Waals surface area contributed by atoms with Crippen molar-refractivity contribution in [2.24, 2.45) is 0 Å². The van der Waals surface area contributed by atoms with Crippen LogP contribution < -0.4 is 0 Å². The Morgan fingerprint density at radius 1 is 0.541 bits per heavy atom. The molecular weight excluding hydrogens is 1080 g/mol. The maximum Gasteiger partial charge on any atom is 0.148 e. The van der Waals surface area contributed by atoms with Crippen molar-refractivity contribution in [3.05, 3.63) is 216 Å². The van der Waals surface area contributed by atoms with Crippen molar-refractivity contribution < 1.29 is 42.6 Å². The van der Waals surface area contributed by atoms with Crippen molar-refractivity contribution in [3.8, 4) is 89.7 Å². The zero-order chi connectivity index (χ0) is 61.3. The fourth-order valence-corrected chi connectivity index (χ4v) is 9.70. The van der Waals surface area contributed by atoms with E-state index in [1.807, 2.05) is 129 Å². The Balaban J connectivity index is 0.00000884. The molecule has 8 aromatic carbocycles. The summed E-state index contributed by atoms with van der Waals surface area (Å²) in [7, 11) is 0. The van der Waals surface area contributed by atoms with E-state index in [0.29, 0.717) is 72.7 Å². The number of hydrogen-bond donors (Lipinski definition) is 1. The van der Waals surface area contributed by atoms with Crippen molar-refractivity contribution in [2.45, 2.75) is 98.5 Å². The first-order valence-electron chi connectivity index (χ1n) is 30.8. The number of imidazole rings is 1. The largest absolute Gasteiger partial charge is 0.507 e. The fourth-order valence-electron chi connectivity index (χ4n) is 9.70. The Morgan fingerprint density at radius 2 is 1.16 bits per heavy atom. The van der Waals surface area contributed by atoms with E-state index in [4.69, 9.17) is 26.4 Å². The van der Waals surface area contributed by atoms with Gasteiger partial charge in [0, 0.05) is 55.0 Å². The molecule has 10 rings (SSSR count). The third-order valence-corrected chi connectivity index (χ3v) is 13.9. The third-order valence-electron chi connectivity index (χ3n) is 13.9. The van der Waals surface area contributed by atoms with Gasteiger partial charge in [-0.15, -0.1) is 23.8 Å². The van der Waals surface area contributed by atoms with E-state index in [-0.39, 0.29) is 55.2 Å². The molecule has 0 bridgehead atoms. The van der Waals surface area contributed by atoms with Gasteiger partial charge < -0.3 is 5.11 Å². The van der Waals surface area contributed by atoms with Gasteiger partial charge in [-0.1, -0.05) is 219 Å². The molecule has 0 amide bonds. The van der Waals surface area contributed by atoms with Gasteiger partial charge in [0.15, 0.2) is 0 Å². The molecule has 0 atom stereocenters. The number of phenolic OH excluding ortho intramolecular Hbond substituents is 1. The van der Waals surface area contributed by atoms with Crippen LogP contribution >= 0.6 is 0 Å². The Hall–Kier alpha value is -7.13. The first-order chi connectivity index (χ1) is 39.9. The van der Waals surface area contributed by atoms with E-state index in [1.54, 1.807) is 18.3 Å². The van der Waals surface area contributed by atoms with E-state index in [1.165, 1.54) is 24.3 Å². The normalized spacial score (nSPS) is 15.0. The van der Waals surface area contributed by atoms with Crippen molar-refractivity contribution >= 4 is 11.0 Å². The summed E-state index contributed by atoms with van der Waals surface area (Å²) >= 11 is 0. The molecule has 0 spiro atoms. The van der Waals surface area contributed by atoms with Crippen LogP contribution in [0.3, 0.4) is 0 Å². The van der Waals surface area contributed by atoms with Gasteiger partial charge in [-0.3, -0.25) is 9.55 Å². The van der Waals surface area contributed by atoms with E-state index in [2.05, 4.69) is 69.5 Å². The second kappa shape index (κ2) is 20.6. The molecule has 374 valence electrons. The molecular formula is C69H66N3OPt-. The van der Waals surface area contributed by atoms with Gasteiger partial charge in [0.05, 0.1) is 22.3 Å². The quantitative estimate of drug-likeness (QED) is 0.139. The van der Waals surface area contributed by atoms with Crippen molar-refractivity contribution in [1.29, 1.82) is 0 Å². The zero-order valence-electron chi connectivity index (χ0n) is 54.6. The first-order valence-corrected chi connectivity index (χ1v) is 24.8. The number of nitrogens with zero attached hydrogens (tertiary/aromatic N) is 3. The molecule has 0 aliphatic rings. The molecule has 0 aliphatic heterocycles. The van der Waals surface area contributed by atoms with Crippen LogP contribution in [0.4, 0.5) is 0 Å². The van der Waals surface area contributed by atoms with Gasteiger partial charge in [-0.05, 0) is 121 Å². The maximum atomic E-state index is 12.6. The van der Waals surface area contributed by atoms with Gasteiger partial charge in [-0.2, -0.15) is 0 Å². The number of phenols is 1. The van der Waals surface area contributed by atoms with Crippen LogP contribution in [-0.4, -0.2) is 19.6 Å². The third kappa shape index (κ3) is 10.2. The molecule has 2 aromatic heterocycles. The Morgan fingerprint density at radius 3 is 1.80 bits per heavy atom. The summed E-state index contributed by atoms with van der Waals surface area (Å²) in [6, 6.07) is 58.3. The van der Waals surface area contributed by atoms with Crippen LogP contribution in [0.25, 0.3) is 95.0 Å². The van der Waals surface area contributed by atoms with E-state index in [0.717, 1.165) is 38.9 Å². The second-order valence-electron chi connectivity index (χ2n) is 20.7. The van der Waals surface area contributed by atoms with Crippen molar-refractivity contribution in [1.82, 2.24) is 14.5 Å². The minimum atomic E-state index is -3.41. The van der Waals surface area contributed by atoms with E-state index >= 15 is 0 Å². The maximum absolute atomic E-state index is 12.6. The Labute approximate surface area is 470 Å². The number of benzene rings is 8. The SMILES string of the molecule is [2H]C([2H])([2H])c1cc(-c2ccc(C(C)(C)C)cc2)c(-n2c(-c3cc(C(C)C)cc(C(C)C)c3O)nc3c(-c4[c-]c(-c5cc(-c6ccc(C(C([2H])([2H])[2H])(C([2H])([2H])[2H])C([2H])([2H])[2H])cc6)ccn5)cc(-c5ccccc5)c4)cccc32)cc1-c1ccccc1.[Pt]. The predicted molar refractivity (Wildman–Crippen MR) is 308 cm³/mol. The Bertz CT molecular complexity index is 4070. The van der Waals surface area contributed by atoms with Gasteiger partial charge in [0.1, 0.15) is 11.6 Å². The monoisotopic (exact) mass is 1160 g/mol. The molecule has 4 nitrogen and oxygen atoms in total. The number of aryl methyl sites for hydroxylation is 1. The molecule has 0 radical (unpaired) electrons. The van der Waals surface area contributed by atoms with Gasteiger partial charge >= 0.3 is 0 Å². The summed E-state index contributed by atoms with van der Waals surface area (Å²) in [6.07, 6.45) is 1.63. The number of aromatic hydroxyl groups is 1. The molecule has 10 aromatic rings. The molecule has 2 heterocycles.